The number of nitrogens with zero attached hydrogens (tertiary/aromatic N) is 9. The molecule has 49 heavy (non-hydrogen) atoms. The quantitative estimate of drug-likeness (QED) is 0.206. The van der Waals surface area contributed by atoms with Gasteiger partial charge in [0.25, 0.3) is 5.88 Å². The number of ketones is 1. The van der Waals surface area contributed by atoms with Crippen molar-refractivity contribution in [3.63, 3.8) is 0 Å². The second-order valence-electron chi connectivity index (χ2n) is 13.6. The number of aliphatic imine (C=N–C) groups is 1. The molecule has 0 radical (unpaired) electrons. The summed E-state index contributed by atoms with van der Waals surface area (Å²) in [4.78, 5) is 27.9. The predicted octanol–water partition coefficient (Wildman–Crippen LogP) is 5.20. The highest BCUT2D eigenvalue weighted by molar-refractivity contribution is 6.02. The molecular formula is C35H34FN11O2. The Labute approximate surface area is 281 Å². The first-order valence-electron chi connectivity index (χ1n) is 16.1. The summed E-state index contributed by atoms with van der Waals surface area (Å²) >= 11 is 0. The Morgan fingerprint density at radius 1 is 1.22 bits per heavy atom. The van der Waals surface area contributed by atoms with Gasteiger partial charge in [-0.15, -0.1) is 0 Å². The van der Waals surface area contributed by atoms with Crippen molar-refractivity contribution in [3.8, 4) is 29.3 Å². The molecule has 2 unspecified atom stereocenters. The van der Waals surface area contributed by atoms with Crippen LogP contribution in [0.2, 0.25) is 0 Å². The Balaban J connectivity index is 1.37. The molecule has 0 saturated heterocycles. The Kier molecular flexibility index (Phi) is 7.62. The molecule has 248 valence electrons. The van der Waals surface area contributed by atoms with E-state index in [0.717, 1.165) is 25.5 Å². The van der Waals surface area contributed by atoms with Crippen LogP contribution in [0.4, 0.5) is 10.2 Å². The van der Waals surface area contributed by atoms with Crippen LogP contribution >= 0.6 is 0 Å². The van der Waals surface area contributed by atoms with Gasteiger partial charge in [-0.25, -0.2) is 19.0 Å². The minimum Gasteiger partial charge on any atom is -0.467 e. The van der Waals surface area contributed by atoms with E-state index in [1.807, 2.05) is 0 Å². The molecule has 1 aromatic carbocycles. The van der Waals surface area contributed by atoms with Crippen LogP contribution in [0.15, 0.2) is 29.4 Å². The van der Waals surface area contributed by atoms with Gasteiger partial charge in [-0.3, -0.25) is 14.5 Å². The second kappa shape index (κ2) is 11.7. The molecule has 1 spiro atoms. The lowest BCUT2D eigenvalue weighted by Crippen LogP contribution is -2.41. The Hall–Kier alpha value is -5.76. The number of carbonyl (C=O) groups excluding carboxylic acids is 1. The SMILES string of the molecule is CC1Oc2nc(cnc2N)-c2c(nn(C=NC(C=N)c3c(CC4(C)CC4)nn(C)c3C#N)c2C#N)CC2(CCC2)C(=O)c2ccc(F)cc21. The van der Waals surface area contributed by atoms with E-state index in [0.29, 0.717) is 58.6 Å². The summed E-state index contributed by atoms with van der Waals surface area (Å²) in [6.07, 6.45) is 8.04. The zero-order valence-corrected chi connectivity index (χ0v) is 27.4. The molecule has 4 aromatic rings. The minimum atomic E-state index is -0.869. The number of nitriles is 2. The molecule has 3 N–H and O–H groups in total. The zero-order valence-electron chi connectivity index (χ0n) is 27.4. The first-order chi connectivity index (χ1) is 23.5. The molecule has 1 aliphatic heterocycles. The number of hydrogen-bond donors (Lipinski definition) is 2. The van der Waals surface area contributed by atoms with E-state index in [-0.39, 0.29) is 40.7 Å². The van der Waals surface area contributed by atoms with Crippen molar-refractivity contribution >= 4 is 24.2 Å². The average Bonchev–Trinajstić information content (AvgIpc) is 3.56. The number of anilines is 1. The predicted molar refractivity (Wildman–Crippen MR) is 177 cm³/mol. The fourth-order valence-electron chi connectivity index (χ4n) is 6.96. The third kappa shape index (κ3) is 5.43. The van der Waals surface area contributed by atoms with E-state index in [9.17, 15) is 19.7 Å². The van der Waals surface area contributed by atoms with Crippen LogP contribution in [0.3, 0.4) is 0 Å². The maximum Gasteiger partial charge on any atom is 0.258 e. The van der Waals surface area contributed by atoms with Crippen LogP contribution in [0.5, 0.6) is 5.88 Å². The van der Waals surface area contributed by atoms with Crippen molar-refractivity contribution in [2.24, 2.45) is 22.9 Å². The lowest BCUT2D eigenvalue weighted by molar-refractivity contribution is 0.0601. The van der Waals surface area contributed by atoms with Gasteiger partial charge in [-0.05, 0) is 62.6 Å². The molecule has 3 aromatic heterocycles. The number of nitrogens with one attached hydrogen (secondary N) is 1. The summed E-state index contributed by atoms with van der Waals surface area (Å²) in [5.74, 6) is -0.713. The molecule has 0 amide bonds. The summed E-state index contributed by atoms with van der Waals surface area (Å²) in [7, 11) is 1.70. The van der Waals surface area contributed by atoms with E-state index < -0.39 is 23.4 Å². The number of ether oxygens (including phenoxy) is 1. The van der Waals surface area contributed by atoms with E-state index in [1.165, 1.54) is 40.1 Å². The number of aryl methyl sites for hydroxylation is 1. The van der Waals surface area contributed by atoms with Crippen LogP contribution in [0, 0.1) is 44.7 Å². The standard InChI is InChI=1S/C35H34FN11O2/c1-19-22-11-20(36)5-6-21(22)31(48)35(7-4-8-35)13-24-30(26-17-41-32(40)33(43-26)49-19)28(16-39)47(45-24)18-42-25(14-37)29-23(12-34(2)9-10-34)44-46(3)27(29)15-38/h5-6,11,14,17-19,25,37H,4,7-10,12-13H2,1-3H3,(H2,40,41). The van der Waals surface area contributed by atoms with Gasteiger partial charge in [0.15, 0.2) is 17.3 Å². The van der Waals surface area contributed by atoms with Crippen molar-refractivity contribution in [3.05, 3.63) is 69.7 Å². The van der Waals surface area contributed by atoms with Gasteiger partial charge >= 0.3 is 0 Å². The van der Waals surface area contributed by atoms with Crippen LogP contribution in [0.25, 0.3) is 11.3 Å². The van der Waals surface area contributed by atoms with Gasteiger partial charge in [0.1, 0.15) is 42.1 Å². The Morgan fingerprint density at radius 3 is 2.63 bits per heavy atom. The normalized spacial score (nSPS) is 19.3. The largest absolute Gasteiger partial charge is 0.467 e. The summed E-state index contributed by atoms with van der Waals surface area (Å²) in [5, 5.41) is 38.2. The summed E-state index contributed by atoms with van der Waals surface area (Å²) in [6.45, 7) is 3.86. The van der Waals surface area contributed by atoms with Gasteiger partial charge in [0, 0.05) is 41.8 Å². The number of nitrogen functional groups attached to an aromatic ring is 1. The first-order valence-corrected chi connectivity index (χ1v) is 16.1. The number of benzene rings is 1. The molecule has 2 atom stereocenters. The number of nitrogens with two attached hydrogens (primary N) is 1. The minimum absolute atomic E-state index is 0.0177. The summed E-state index contributed by atoms with van der Waals surface area (Å²) in [5.41, 5.74) is 8.79. The smallest absolute Gasteiger partial charge is 0.258 e. The average molecular weight is 660 g/mol. The van der Waals surface area contributed by atoms with Gasteiger partial charge in [0.2, 0.25) is 0 Å². The molecule has 2 aliphatic carbocycles. The molecule has 2 saturated carbocycles. The molecule has 2 fully saturated rings. The summed E-state index contributed by atoms with van der Waals surface area (Å²) in [6, 6.07) is 7.60. The molecule has 4 heterocycles. The van der Waals surface area contributed by atoms with E-state index in [1.54, 1.807) is 14.0 Å². The number of Topliss-reactive ketones (excluding diaryl/α,β-unsaturated/α-hetero) is 1. The second-order valence-corrected chi connectivity index (χ2v) is 13.6. The van der Waals surface area contributed by atoms with E-state index in [2.05, 4.69) is 39.1 Å². The number of hydrogen-bond acceptors (Lipinski definition) is 11. The molecule has 13 nitrogen and oxygen atoms in total. The van der Waals surface area contributed by atoms with Crippen molar-refractivity contribution in [2.45, 2.75) is 70.9 Å². The van der Waals surface area contributed by atoms with Crippen molar-refractivity contribution in [1.29, 1.82) is 15.9 Å². The fourth-order valence-corrected chi connectivity index (χ4v) is 6.96. The molecule has 14 heteroatoms. The number of rotatable bonds is 6. The van der Waals surface area contributed by atoms with E-state index >= 15 is 0 Å². The molecular weight excluding hydrogens is 625 g/mol. The highest BCUT2D eigenvalue weighted by atomic mass is 19.1. The lowest BCUT2D eigenvalue weighted by Gasteiger charge is -2.41. The highest BCUT2D eigenvalue weighted by Gasteiger charge is 2.47. The topological polar surface area (TPSA) is 198 Å². The van der Waals surface area contributed by atoms with Gasteiger partial charge in [-0.1, -0.05) is 13.3 Å². The number of halogens is 1. The molecule has 2 bridgehead atoms. The van der Waals surface area contributed by atoms with Crippen LogP contribution in [0.1, 0.15) is 102 Å². The summed E-state index contributed by atoms with van der Waals surface area (Å²) < 4.78 is 23.5. The third-order valence-electron chi connectivity index (χ3n) is 10.1. The van der Waals surface area contributed by atoms with Crippen LogP contribution in [-0.4, -0.2) is 47.9 Å². The zero-order chi connectivity index (χ0) is 34.7. The number of fused-ring (bicyclic) bond motifs is 5. The van der Waals surface area contributed by atoms with Gasteiger partial charge in [-0.2, -0.15) is 20.7 Å². The van der Waals surface area contributed by atoms with Crippen molar-refractivity contribution < 1.29 is 13.9 Å². The first kappa shape index (κ1) is 31.8. The van der Waals surface area contributed by atoms with E-state index in [4.69, 9.17) is 21.0 Å². The molecule has 7 rings (SSSR count). The number of carbonyl (C=O) groups is 1. The lowest BCUT2D eigenvalue weighted by atomic mass is 9.61. The Morgan fingerprint density at radius 2 is 1.98 bits per heavy atom. The highest BCUT2D eigenvalue weighted by Crippen LogP contribution is 2.50. The fraction of sp³-hybridized carbons (Fsp3) is 0.400. The van der Waals surface area contributed by atoms with Crippen LogP contribution in [-0.2, 0) is 19.9 Å². The number of aromatic nitrogens is 6. The maximum atomic E-state index is 14.5. The van der Waals surface area contributed by atoms with Crippen LogP contribution < -0.4 is 10.5 Å². The monoisotopic (exact) mass is 659 g/mol. The molecule has 3 aliphatic rings. The van der Waals surface area contributed by atoms with Crippen molar-refractivity contribution in [2.75, 3.05) is 5.73 Å². The Bertz CT molecular complexity index is 2140. The third-order valence-corrected chi connectivity index (χ3v) is 10.1. The maximum absolute atomic E-state index is 14.5. The van der Waals surface area contributed by atoms with Gasteiger partial charge in [0.05, 0.1) is 28.8 Å². The van der Waals surface area contributed by atoms with Gasteiger partial charge < -0.3 is 15.9 Å². The van der Waals surface area contributed by atoms with Crippen molar-refractivity contribution in [1.82, 2.24) is 29.5 Å².